The van der Waals surface area contributed by atoms with Gasteiger partial charge in [0.05, 0.1) is 30.3 Å². The standard InChI is InChI=1S/C19H27N5O3S/c1-22-13-20-18-17(22)12-16(21-19(18)23-8-10-27-11-9-23)14-4-6-24(7-5-14)28(25,26)15-2-3-15/h12-15H,2-11H2,1H3. The number of imidazole rings is 1. The molecule has 0 radical (unpaired) electrons. The molecule has 0 N–H and O–H groups in total. The van der Waals surface area contributed by atoms with Gasteiger partial charge < -0.3 is 14.2 Å². The number of morpholine rings is 1. The fourth-order valence-corrected chi connectivity index (χ4v) is 6.19. The number of aryl methyl sites for hydroxylation is 1. The van der Waals surface area contributed by atoms with E-state index < -0.39 is 10.0 Å². The van der Waals surface area contributed by atoms with Crippen LogP contribution in [0.3, 0.4) is 0 Å². The Morgan fingerprint density at radius 2 is 1.79 bits per heavy atom. The average molecular weight is 406 g/mol. The van der Waals surface area contributed by atoms with E-state index in [1.165, 1.54) is 0 Å². The van der Waals surface area contributed by atoms with E-state index in [9.17, 15) is 8.42 Å². The van der Waals surface area contributed by atoms with E-state index in [0.29, 0.717) is 26.3 Å². The zero-order valence-electron chi connectivity index (χ0n) is 16.2. The zero-order chi connectivity index (χ0) is 19.3. The molecule has 5 rings (SSSR count). The Morgan fingerprint density at radius 3 is 2.46 bits per heavy atom. The summed E-state index contributed by atoms with van der Waals surface area (Å²) in [6.45, 7) is 4.25. The van der Waals surface area contributed by atoms with E-state index in [-0.39, 0.29) is 11.2 Å². The summed E-state index contributed by atoms with van der Waals surface area (Å²) in [5.74, 6) is 1.22. The van der Waals surface area contributed by atoms with Crippen LogP contribution in [0, 0.1) is 0 Å². The molecule has 1 saturated carbocycles. The van der Waals surface area contributed by atoms with Crippen LogP contribution < -0.4 is 4.90 Å². The van der Waals surface area contributed by atoms with Crippen molar-refractivity contribution in [3.05, 3.63) is 18.1 Å². The SMILES string of the molecule is Cn1cnc2c(N3CCOCC3)nc(C3CCN(S(=O)(=O)C4CC4)CC3)cc21. The Bertz CT molecular complexity index is 971. The third-order valence-corrected chi connectivity index (χ3v) is 8.60. The van der Waals surface area contributed by atoms with Gasteiger partial charge in [0.1, 0.15) is 5.52 Å². The van der Waals surface area contributed by atoms with Crippen molar-refractivity contribution in [2.45, 2.75) is 36.9 Å². The largest absolute Gasteiger partial charge is 0.378 e. The van der Waals surface area contributed by atoms with Crippen molar-refractivity contribution in [2.24, 2.45) is 7.05 Å². The Morgan fingerprint density at radius 1 is 1.07 bits per heavy atom. The summed E-state index contributed by atoms with van der Waals surface area (Å²) in [7, 11) is -1.07. The molecule has 152 valence electrons. The Balaban J connectivity index is 1.42. The number of sulfonamides is 1. The second-order valence-corrected chi connectivity index (χ2v) is 10.3. The number of ether oxygens (including phenoxy) is 1. The van der Waals surface area contributed by atoms with E-state index in [1.807, 2.05) is 17.9 Å². The molecule has 3 aliphatic rings. The molecule has 0 bridgehead atoms. The summed E-state index contributed by atoms with van der Waals surface area (Å²) in [5, 5.41) is -0.124. The van der Waals surface area contributed by atoms with Crippen LogP contribution in [0.25, 0.3) is 11.0 Å². The van der Waals surface area contributed by atoms with Crippen molar-refractivity contribution in [1.82, 2.24) is 18.8 Å². The number of hydrogen-bond acceptors (Lipinski definition) is 6. The van der Waals surface area contributed by atoms with Gasteiger partial charge in [0, 0.05) is 44.8 Å². The Kier molecular flexibility index (Phi) is 4.56. The normalized spacial score (nSPS) is 22.8. The fourth-order valence-electron chi connectivity index (χ4n) is 4.32. The molecular weight excluding hydrogens is 378 g/mol. The fraction of sp³-hybridized carbons (Fsp3) is 0.684. The lowest BCUT2D eigenvalue weighted by molar-refractivity contribution is 0.122. The maximum Gasteiger partial charge on any atom is 0.216 e. The van der Waals surface area contributed by atoms with E-state index in [0.717, 1.165) is 61.3 Å². The van der Waals surface area contributed by atoms with Crippen molar-refractivity contribution >= 4 is 26.9 Å². The molecule has 4 heterocycles. The van der Waals surface area contributed by atoms with Gasteiger partial charge in [-0.25, -0.2) is 22.7 Å². The predicted molar refractivity (Wildman–Crippen MR) is 107 cm³/mol. The third-order valence-electron chi connectivity index (χ3n) is 6.20. The van der Waals surface area contributed by atoms with Crippen LogP contribution in [0.2, 0.25) is 0 Å². The molecule has 8 nitrogen and oxygen atoms in total. The van der Waals surface area contributed by atoms with Crippen LogP contribution in [0.4, 0.5) is 5.82 Å². The van der Waals surface area contributed by atoms with Crippen LogP contribution in [0.1, 0.15) is 37.3 Å². The van der Waals surface area contributed by atoms with Gasteiger partial charge in [-0.05, 0) is 31.7 Å². The van der Waals surface area contributed by atoms with Gasteiger partial charge in [0.2, 0.25) is 10.0 Å². The first kappa shape index (κ1) is 18.3. The molecular formula is C19H27N5O3S. The highest BCUT2D eigenvalue weighted by atomic mass is 32.2. The van der Waals surface area contributed by atoms with E-state index >= 15 is 0 Å². The first-order valence-electron chi connectivity index (χ1n) is 10.2. The van der Waals surface area contributed by atoms with Gasteiger partial charge in [0.25, 0.3) is 0 Å². The quantitative estimate of drug-likeness (QED) is 0.766. The van der Waals surface area contributed by atoms with Crippen LogP contribution in [0.5, 0.6) is 0 Å². The molecule has 0 spiro atoms. The summed E-state index contributed by atoms with van der Waals surface area (Å²) < 4.78 is 34.3. The topological polar surface area (TPSA) is 80.6 Å². The average Bonchev–Trinajstić information content (AvgIpc) is 3.53. The van der Waals surface area contributed by atoms with Crippen molar-refractivity contribution in [3.63, 3.8) is 0 Å². The third kappa shape index (κ3) is 3.19. The molecule has 2 aromatic heterocycles. The molecule has 0 unspecified atom stereocenters. The molecule has 2 saturated heterocycles. The minimum absolute atomic E-state index is 0.124. The lowest BCUT2D eigenvalue weighted by atomic mass is 9.94. The molecule has 2 aromatic rings. The first-order valence-corrected chi connectivity index (χ1v) is 11.7. The first-order chi connectivity index (χ1) is 13.5. The molecule has 3 fully saturated rings. The van der Waals surface area contributed by atoms with Crippen LogP contribution >= 0.6 is 0 Å². The smallest absolute Gasteiger partial charge is 0.216 e. The number of pyridine rings is 1. The maximum atomic E-state index is 12.5. The molecule has 0 aromatic carbocycles. The van der Waals surface area contributed by atoms with E-state index in [1.54, 1.807) is 4.31 Å². The molecule has 2 aliphatic heterocycles. The number of rotatable bonds is 4. The lowest BCUT2D eigenvalue weighted by Crippen LogP contribution is -2.40. The van der Waals surface area contributed by atoms with E-state index in [4.69, 9.17) is 9.72 Å². The molecule has 28 heavy (non-hydrogen) atoms. The van der Waals surface area contributed by atoms with Crippen LogP contribution in [-0.4, -0.2) is 71.9 Å². The van der Waals surface area contributed by atoms with Crippen LogP contribution in [0.15, 0.2) is 12.4 Å². The van der Waals surface area contributed by atoms with Crippen molar-refractivity contribution in [3.8, 4) is 0 Å². The Labute approximate surface area is 165 Å². The highest BCUT2D eigenvalue weighted by molar-refractivity contribution is 7.90. The monoisotopic (exact) mass is 405 g/mol. The summed E-state index contributed by atoms with van der Waals surface area (Å²) in [5.41, 5.74) is 3.07. The molecule has 1 aliphatic carbocycles. The highest BCUT2D eigenvalue weighted by Crippen LogP contribution is 2.36. The summed E-state index contributed by atoms with van der Waals surface area (Å²) >= 11 is 0. The van der Waals surface area contributed by atoms with Crippen molar-refractivity contribution < 1.29 is 13.2 Å². The van der Waals surface area contributed by atoms with Gasteiger partial charge >= 0.3 is 0 Å². The minimum Gasteiger partial charge on any atom is -0.378 e. The number of nitrogens with zero attached hydrogens (tertiary/aromatic N) is 5. The molecule has 0 atom stereocenters. The van der Waals surface area contributed by atoms with Gasteiger partial charge in [-0.2, -0.15) is 0 Å². The van der Waals surface area contributed by atoms with Gasteiger partial charge in [-0.1, -0.05) is 0 Å². The summed E-state index contributed by atoms with van der Waals surface area (Å²) in [4.78, 5) is 11.9. The van der Waals surface area contributed by atoms with Gasteiger partial charge in [-0.3, -0.25) is 0 Å². The summed E-state index contributed by atoms with van der Waals surface area (Å²) in [6.07, 6.45) is 5.13. The predicted octanol–water partition coefficient (Wildman–Crippen LogP) is 1.48. The number of piperidine rings is 1. The maximum absolute atomic E-state index is 12.5. The molecule has 0 amide bonds. The minimum atomic E-state index is -3.08. The van der Waals surface area contributed by atoms with E-state index in [2.05, 4.69) is 16.0 Å². The second-order valence-electron chi connectivity index (χ2n) is 8.11. The van der Waals surface area contributed by atoms with Crippen molar-refractivity contribution in [1.29, 1.82) is 0 Å². The van der Waals surface area contributed by atoms with Crippen molar-refractivity contribution in [2.75, 3.05) is 44.3 Å². The number of aromatic nitrogens is 3. The summed E-state index contributed by atoms with van der Waals surface area (Å²) in [6, 6.07) is 2.14. The highest BCUT2D eigenvalue weighted by Gasteiger charge is 2.41. The lowest BCUT2D eigenvalue weighted by Gasteiger charge is -2.32. The molecule has 9 heteroatoms. The number of fused-ring (bicyclic) bond motifs is 1. The second kappa shape index (κ2) is 6.96. The number of hydrogen-bond donors (Lipinski definition) is 0. The van der Waals surface area contributed by atoms with Gasteiger partial charge in [-0.15, -0.1) is 0 Å². The zero-order valence-corrected chi connectivity index (χ0v) is 17.1. The number of anilines is 1. The van der Waals surface area contributed by atoms with Crippen LogP contribution in [-0.2, 0) is 21.8 Å². The Hall–Kier alpha value is -1.71. The van der Waals surface area contributed by atoms with Gasteiger partial charge in [0.15, 0.2) is 5.82 Å².